The molecule has 0 fully saturated rings. The van der Waals surface area contributed by atoms with Gasteiger partial charge in [-0.2, -0.15) is 8.42 Å². The van der Waals surface area contributed by atoms with Crippen LogP contribution in [0.5, 0.6) is 5.75 Å². The largest absolute Gasteiger partial charge is 0.379 e. The molecule has 0 atom stereocenters. The molecule has 0 aliphatic carbocycles. The Balaban J connectivity index is 1.68. The van der Waals surface area contributed by atoms with Crippen LogP contribution < -0.4 is 8.49 Å². The van der Waals surface area contributed by atoms with Crippen LogP contribution in [0, 0.1) is 0 Å². The zero-order chi connectivity index (χ0) is 19.8. The molecule has 6 nitrogen and oxygen atoms in total. The normalized spacial score (nSPS) is 13.9. The fourth-order valence-corrected chi connectivity index (χ4v) is 5.57. The van der Waals surface area contributed by atoms with Crippen LogP contribution in [0.3, 0.4) is 0 Å². The van der Waals surface area contributed by atoms with Crippen molar-refractivity contribution in [1.82, 2.24) is 0 Å². The number of fused-ring (bicyclic) bond motifs is 1. The fourth-order valence-electron chi connectivity index (χ4n) is 3.11. The molecule has 0 amide bonds. The van der Waals surface area contributed by atoms with Crippen LogP contribution in [0.15, 0.2) is 88.7 Å². The Bertz CT molecular complexity index is 1210. The molecule has 0 saturated heterocycles. The number of benzene rings is 3. The molecule has 0 N–H and O–H groups in total. The summed E-state index contributed by atoms with van der Waals surface area (Å²) in [6, 6.07) is 20.6. The van der Waals surface area contributed by atoms with E-state index in [1.807, 2.05) is 0 Å². The standard InChI is InChI=1S/C20H17NO5S2/c22-27(23,18-7-3-1-4-8-18)21-14-13-16-11-12-17(15-20(16)21)26-28(24,25)19-9-5-2-6-10-19/h1-12,15H,13-14H2. The van der Waals surface area contributed by atoms with Crippen LogP contribution in [0.2, 0.25) is 0 Å². The zero-order valence-corrected chi connectivity index (χ0v) is 16.4. The zero-order valence-electron chi connectivity index (χ0n) is 14.7. The van der Waals surface area contributed by atoms with Crippen molar-refractivity contribution in [1.29, 1.82) is 0 Å². The lowest BCUT2D eigenvalue weighted by Gasteiger charge is -2.20. The third-order valence-corrected chi connectivity index (χ3v) is 7.57. The van der Waals surface area contributed by atoms with Gasteiger partial charge in [-0.3, -0.25) is 4.31 Å². The number of hydrogen-bond donors (Lipinski definition) is 0. The van der Waals surface area contributed by atoms with E-state index >= 15 is 0 Å². The Hall–Kier alpha value is -2.84. The van der Waals surface area contributed by atoms with E-state index in [0.29, 0.717) is 18.7 Å². The van der Waals surface area contributed by atoms with Gasteiger partial charge in [0.15, 0.2) is 0 Å². The van der Waals surface area contributed by atoms with E-state index in [4.69, 9.17) is 4.18 Å². The van der Waals surface area contributed by atoms with Gasteiger partial charge in [0, 0.05) is 12.6 Å². The summed E-state index contributed by atoms with van der Waals surface area (Å²) in [6.45, 7) is 0.293. The van der Waals surface area contributed by atoms with Gasteiger partial charge in [-0.1, -0.05) is 42.5 Å². The number of hydrogen-bond acceptors (Lipinski definition) is 5. The SMILES string of the molecule is O=S(=O)(Oc1ccc2c(c1)N(S(=O)(=O)c1ccccc1)CC2)c1ccccc1. The smallest absolute Gasteiger partial charge is 0.339 e. The van der Waals surface area contributed by atoms with Crippen LogP contribution >= 0.6 is 0 Å². The number of anilines is 1. The minimum absolute atomic E-state index is 0.0317. The Morgan fingerprint density at radius 3 is 2.00 bits per heavy atom. The highest BCUT2D eigenvalue weighted by Crippen LogP contribution is 2.36. The van der Waals surface area contributed by atoms with Gasteiger partial charge < -0.3 is 4.18 Å². The molecular weight excluding hydrogens is 398 g/mol. The summed E-state index contributed by atoms with van der Waals surface area (Å²) in [6.07, 6.45) is 0.549. The maximum Gasteiger partial charge on any atom is 0.339 e. The lowest BCUT2D eigenvalue weighted by Crippen LogP contribution is -2.29. The van der Waals surface area contributed by atoms with Crippen molar-refractivity contribution in [2.45, 2.75) is 16.2 Å². The molecule has 0 radical (unpaired) electrons. The maximum atomic E-state index is 13.0. The van der Waals surface area contributed by atoms with Gasteiger partial charge in [0.2, 0.25) is 0 Å². The Labute approximate surface area is 164 Å². The summed E-state index contributed by atoms with van der Waals surface area (Å²) in [5.74, 6) is 0.0674. The van der Waals surface area contributed by atoms with E-state index in [2.05, 4.69) is 0 Å². The molecule has 0 bridgehead atoms. The van der Waals surface area contributed by atoms with E-state index in [0.717, 1.165) is 5.56 Å². The molecule has 1 aliphatic rings. The number of nitrogens with zero attached hydrogens (tertiary/aromatic N) is 1. The van der Waals surface area contributed by atoms with Gasteiger partial charge in [-0.25, -0.2) is 8.42 Å². The highest BCUT2D eigenvalue weighted by atomic mass is 32.2. The van der Waals surface area contributed by atoms with E-state index in [9.17, 15) is 16.8 Å². The molecule has 4 rings (SSSR count). The molecule has 0 unspecified atom stereocenters. The highest BCUT2D eigenvalue weighted by Gasteiger charge is 2.31. The van der Waals surface area contributed by atoms with Gasteiger partial charge >= 0.3 is 10.1 Å². The lowest BCUT2D eigenvalue weighted by atomic mass is 10.2. The molecule has 0 spiro atoms. The molecular formula is C20H17NO5S2. The first kappa shape index (κ1) is 18.5. The predicted molar refractivity (Wildman–Crippen MR) is 105 cm³/mol. The minimum atomic E-state index is -4.00. The van der Waals surface area contributed by atoms with Crippen molar-refractivity contribution < 1.29 is 21.0 Å². The molecule has 28 heavy (non-hydrogen) atoms. The van der Waals surface area contributed by atoms with E-state index in [1.165, 1.54) is 40.7 Å². The van der Waals surface area contributed by atoms with Crippen LogP contribution in [-0.4, -0.2) is 23.4 Å². The molecule has 3 aromatic carbocycles. The first-order chi connectivity index (χ1) is 13.4. The van der Waals surface area contributed by atoms with Gasteiger partial charge in [-0.05, 0) is 42.3 Å². The van der Waals surface area contributed by atoms with E-state index in [1.54, 1.807) is 42.5 Å². The van der Waals surface area contributed by atoms with Crippen molar-refractivity contribution in [3.8, 4) is 5.75 Å². The summed E-state index contributed by atoms with van der Waals surface area (Å²) in [4.78, 5) is 0.218. The molecule has 8 heteroatoms. The fraction of sp³-hybridized carbons (Fsp3) is 0.100. The Morgan fingerprint density at radius 1 is 0.750 bits per heavy atom. The predicted octanol–water partition coefficient (Wildman–Crippen LogP) is 3.21. The van der Waals surface area contributed by atoms with Crippen LogP contribution in [0.25, 0.3) is 0 Å². The number of rotatable bonds is 5. The molecule has 3 aromatic rings. The monoisotopic (exact) mass is 415 g/mol. The van der Waals surface area contributed by atoms with Crippen molar-refractivity contribution >= 4 is 25.8 Å². The first-order valence-electron chi connectivity index (χ1n) is 8.58. The highest BCUT2D eigenvalue weighted by molar-refractivity contribution is 7.92. The summed E-state index contributed by atoms with van der Waals surface area (Å²) in [7, 11) is -7.74. The molecule has 0 saturated carbocycles. The minimum Gasteiger partial charge on any atom is -0.379 e. The van der Waals surface area contributed by atoms with Gasteiger partial charge in [-0.15, -0.1) is 0 Å². The van der Waals surface area contributed by atoms with Crippen molar-refractivity contribution in [2.75, 3.05) is 10.8 Å². The molecule has 1 aliphatic heterocycles. The maximum absolute atomic E-state index is 13.0. The van der Waals surface area contributed by atoms with Crippen LogP contribution in [-0.2, 0) is 26.6 Å². The quantitative estimate of drug-likeness (QED) is 0.598. The average molecular weight is 415 g/mol. The average Bonchev–Trinajstić information content (AvgIpc) is 3.13. The van der Waals surface area contributed by atoms with Crippen molar-refractivity contribution in [3.05, 3.63) is 84.4 Å². The Kier molecular flexibility index (Phi) is 4.60. The van der Waals surface area contributed by atoms with Crippen molar-refractivity contribution in [3.63, 3.8) is 0 Å². The van der Waals surface area contributed by atoms with Gasteiger partial charge in [0.25, 0.3) is 10.0 Å². The third kappa shape index (κ3) is 3.36. The second kappa shape index (κ2) is 6.96. The third-order valence-electron chi connectivity index (χ3n) is 4.48. The second-order valence-corrected chi connectivity index (χ2v) is 9.69. The van der Waals surface area contributed by atoms with E-state index in [-0.39, 0.29) is 15.5 Å². The second-order valence-electron chi connectivity index (χ2n) is 6.28. The van der Waals surface area contributed by atoms with Gasteiger partial charge in [0.1, 0.15) is 10.6 Å². The van der Waals surface area contributed by atoms with Gasteiger partial charge in [0.05, 0.1) is 10.6 Å². The van der Waals surface area contributed by atoms with Crippen molar-refractivity contribution in [2.24, 2.45) is 0 Å². The molecule has 144 valence electrons. The first-order valence-corrected chi connectivity index (χ1v) is 11.4. The molecule has 1 heterocycles. The van der Waals surface area contributed by atoms with Crippen LogP contribution in [0.1, 0.15) is 5.56 Å². The summed E-state index contributed by atoms with van der Waals surface area (Å²) >= 11 is 0. The topological polar surface area (TPSA) is 80.8 Å². The Morgan fingerprint density at radius 2 is 1.36 bits per heavy atom. The van der Waals surface area contributed by atoms with Crippen LogP contribution in [0.4, 0.5) is 5.69 Å². The summed E-state index contributed by atoms with van der Waals surface area (Å²) < 4.78 is 57.4. The summed E-state index contributed by atoms with van der Waals surface area (Å²) in [5.41, 5.74) is 1.26. The lowest BCUT2D eigenvalue weighted by molar-refractivity contribution is 0.486. The molecule has 0 aromatic heterocycles. The summed E-state index contributed by atoms with van der Waals surface area (Å²) in [5, 5.41) is 0. The number of sulfonamides is 1. The van der Waals surface area contributed by atoms with E-state index < -0.39 is 20.1 Å².